The lowest BCUT2D eigenvalue weighted by molar-refractivity contribution is -0.140. The van der Waals surface area contributed by atoms with Gasteiger partial charge in [0.25, 0.3) is 10.0 Å². The Morgan fingerprint density at radius 2 is 1.65 bits per heavy atom. The molecule has 0 saturated heterocycles. The molecular formula is C25H20F3NO4S. The Kier molecular flexibility index (Phi) is 5.99. The average molecular weight is 487 g/mol. The molecule has 1 heterocycles. The maximum Gasteiger partial charge on any atom is 0.417 e. The van der Waals surface area contributed by atoms with Crippen LogP contribution in [0.2, 0.25) is 0 Å². The van der Waals surface area contributed by atoms with Gasteiger partial charge in [0.15, 0.2) is 0 Å². The number of benzene rings is 3. The van der Waals surface area contributed by atoms with Crippen molar-refractivity contribution in [3.05, 3.63) is 89.6 Å². The van der Waals surface area contributed by atoms with Crippen molar-refractivity contribution in [3.63, 3.8) is 0 Å². The fraction of sp³-hybridized carbons (Fsp3) is 0.160. The highest BCUT2D eigenvalue weighted by Gasteiger charge is 2.40. The molecule has 0 aliphatic carbocycles. The number of alkyl halides is 3. The van der Waals surface area contributed by atoms with Crippen LogP contribution in [0.25, 0.3) is 22.0 Å². The van der Waals surface area contributed by atoms with Gasteiger partial charge in [-0.3, -0.25) is 4.79 Å². The number of halogens is 3. The molecule has 1 N–H and O–H groups in total. The topological polar surface area (TPSA) is 76.4 Å². The zero-order chi connectivity index (χ0) is 24.7. The largest absolute Gasteiger partial charge is 0.481 e. The SMILES string of the molecule is Cc1cccc2c(CCC(=O)O)cn(S(=O)(=O)c3c(-c4ccccc4)cccc3C(F)(F)F)c12. The first-order chi connectivity index (χ1) is 16.0. The highest BCUT2D eigenvalue weighted by Crippen LogP contribution is 2.41. The normalized spacial score (nSPS) is 12.2. The molecule has 9 heteroatoms. The number of hydrogen-bond acceptors (Lipinski definition) is 3. The van der Waals surface area contributed by atoms with Crippen molar-refractivity contribution in [1.29, 1.82) is 0 Å². The summed E-state index contributed by atoms with van der Waals surface area (Å²) in [6, 6.07) is 16.3. The molecule has 3 aromatic carbocycles. The van der Waals surface area contributed by atoms with E-state index in [0.717, 1.165) is 10.0 Å². The molecule has 0 saturated carbocycles. The number of fused-ring (bicyclic) bond motifs is 1. The lowest BCUT2D eigenvalue weighted by atomic mass is 10.0. The van der Waals surface area contributed by atoms with Crippen LogP contribution in [-0.4, -0.2) is 23.5 Å². The predicted octanol–water partition coefficient (Wildman–Crippen LogP) is 5.89. The van der Waals surface area contributed by atoms with E-state index in [0.29, 0.717) is 22.1 Å². The molecule has 0 atom stereocenters. The minimum absolute atomic E-state index is 0.0320. The number of para-hydroxylation sites is 1. The van der Waals surface area contributed by atoms with E-state index < -0.39 is 32.6 Å². The summed E-state index contributed by atoms with van der Waals surface area (Å²) in [4.78, 5) is 10.3. The molecule has 0 fully saturated rings. The van der Waals surface area contributed by atoms with Gasteiger partial charge in [-0.1, -0.05) is 60.7 Å². The third-order valence-electron chi connectivity index (χ3n) is 5.61. The Morgan fingerprint density at radius 3 is 2.29 bits per heavy atom. The van der Waals surface area contributed by atoms with Crippen LogP contribution >= 0.6 is 0 Å². The first kappa shape index (κ1) is 23.6. The third-order valence-corrected chi connectivity index (χ3v) is 7.37. The van der Waals surface area contributed by atoms with E-state index in [1.165, 1.54) is 18.3 Å². The number of carboxylic acid groups (broad SMARTS) is 1. The number of aliphatic carboxylic acids is 1. The van der Waals surface area contributed by atoms with Crippen LogP contribution in [0.5, 0.6) is 0 Å². The third kappa shape index (κ3) is 4.19. The van der Waals surface area contributed by atoms with Gasteiger partial charge in [-0.05, 0) is 36.1 Å². The monoisotopic (exact) mass is 487 g/mol. The summed E-state index contributed by atoms with van der Waals surface area (Å²) in [5, 5.41) is 9.57. The maximum absolute atomic E-state index is 14.1. The van der Waals surface area contributed by atoms with Crippen molar-refractivity contribution in [2.24, 2.45) is 0 Å². The summed E-state index contributed by atoms with van der Waals surface area (Å²) in [6.45, 7) is 1.66. The van der Waals surface area contributed by atoms with Crippen LogP contribution in [0.1, 0.15) is 23.1 Å². The lowest BCUT2D eigenvalue weighted by Crippen LogP contribution is -2.20. The van der Waals surface area contributed by atoms with Gasteiger partial charge in [0.2, 0.25) is 0 Å². The second-order valence-electron chi connectivity index (χ2n) is 7.87. The Bertz CT molecular complexity index is 1490. The molecule has 176 valence electrons. The summed E-state index contributed by atoms with van der Waals surface area (Å²) in [5.74, 6) is -1.06. The van der Waals surface area contributed by atoms with E-state index in [-0.39, 0.29) is 23.9 Å². The second kappa shape index (κ2) is 8.64. The van der Waals surface area contributed by atoms with Gasteiger partial charge in [-0.25, -0.2) is 12.4 Å². The van der Waals surface area contributed by atoms with Gasteiger partial charge in [0.1, 0.15) is 4.90 Å². The summed E-state index contributed by atoms with van der Waals surface area (Å²) >= 11 is 0. The van der Waals surface area contributed by atoms with Crippen LogP contribution < -0.4 is 0 Å². The van der Waals surface area contributed by atoms with Crippen molar-refractivity contribution in [2.75, 3.05) is 0 Å². The zero-order valence-corrected chi connectivity index (χ0v) is 18.8. The van der Waals surface area contributed by atoms with E-state index in [4.69, 9.17) is 5.11 Å². The standard InChI is InChI=1S/C25H20F3NO4S/c1-16-7-5-10-19-18(13-14-22(30)31)15-29(23(16)19)34(32,33)24-20(17-8-3-2-4-9-17)11-6-12-21(24)25(26,27)28/h2-12,15H,13-14H2,1H3,(H,30,31). The van der Waals surface area contributed by atoms with E-state index in [1.54, 1.807) is 55.5 Å². The highest BCUT2D eigenvalue weighted by atomic mass is 32.2. The van der Waals surface area contributed by atoms with Crippen LogP contribution in [0, 0.1) is 6.92 Å². The molecule has 4 rings (SSSR count). The predicted molar refractivity (Wildman–Crippen MR) is 122 cm³/mol. The Balaban J connectivity index is 2.06. The minimum atomic E-state index is -4.92. The van der Waals surface area contributed by atoms with Crippen molar-refractivity contribution < 1.29 is 31.5 Å². The summed E-state index contributed by atoms with van der Waals surface area (Å²) in [5.41, 5.74) is 0.170. The minimum Gasteiger partial charge on any atom is -0.481 e. The van der Waals surface area contributed by atoms with Gasteiger partial charge < -0.3 is 5.11 Å². The van der Waals surface area contributed by atoms with E-state index in [1.807, 2.05) is 0 Å². The molecule has 0 aliphatic rings. The van der Waals surface area contributed by atoms with Crippen LogP contribution in [0.3, 0.4) is 0 Å². The average Bonchev–Trinajstić information content (AvgIpc) is 3.18. The number of nitrogens with zero attached hydrogens (tertiary/aromatic N) is 1. The molecule has 5 nitrogen and oxygen atoms in total. The molecule has 4 aromatic rings. The Labute approximate surface area is 194 Å². The van der Waals surface area contributed by atoms with Crippen molar-refractivity contribution in [2.45, 2.75) is 30.8 Å². The summed E-state index contributed by atoms with van der Waals surface area (Å²) in [7, 11) is -4.75. The van der Waals surface area contributed by atoms with E-state index in [9.17, 15) is 26.4 Å². The molecule has 0 radical (unpaired) electrons. The maximum atomic E-state index is 14.1. The van der Waals surface area contributed by atoms with Gasteiger partial charge in [-0.2, -0.15) is 13.2 Å². The van der Waals surface area contributed by atoms with Crippen LogP contribution in [0.15, 0.2) is 77.8 Å². The number of rotatable bonds is 6. The molecular weight excluding hydrogens is 467 g/mol. The molecule has 1 aromatic heterocycles. The number of hydrogen-bond donors (Lipinski definition) is 1. The quantitative estimate of drug-likeness (QED) is 0.368. The molecule has 0 amide bonds. The smallest absolute Gasteiger partial charge is 0.417 e. The molecule has 0 bridgehead atoms. The molecule has 34 heavy (non-hydrogen) atoms. The van der Waals surface area contributed by atoms with E-state index in [2.05, 4.69) is 0 Å². The fourth-order valence-corrected chi connectivity index (χ4v) is 5.97. The number of aromatic nitrogens is 1. The first-order valence-electron chi connectivity index (χ1n) is 10.3. The van der Waals surface area contributed by atoms with Crippen LogP contribution in [0.4, 0.5) is 13.2 Å². The zero-order valence-electron chi connectivity index (χ0n) is 18.0. The van der Waals surface area contributed by atoms with Crippen molar-refractivity contribution in [1.82, 2.24) is 3.97 Å². The second-order valence-corrected chi connectivity index (χ2v) is 9.62. The van der Waals surface area contributed by atoms with Crippen LogP contribution in [-0.2, 0) is 27.4 Å². The van der Waals surface area contributed by atoms with Gasteiger partial charge in [-0.15, -0.1) is 0 Å². The highest BCUT2D eigenvalue weighted by molar-refractivity contribution is 7.90. The Hall–Kier alpha value is -3.59. The molecule has 0 unspecified atom stereocenters. The number of carboxylic acids is 1. The fourth-order valence-electron chi connectivity index (χ4n) is 4.10. The molecule has 0 spiro atoms. The lowest BCUT2D eigenvalue weighted by Gasteiger charge is -2.19. The summed E-state index contributed by atoms with van der Waals surface area (Å²) < 4.78 is 71.0. The van der Waals surface area contributed by atoms with Gasteiger partial charge >= 0.3 is 12.1 Å². The van der Waals surface area contributed by atoms with Gasteiger partial charge in [0, 0.05) is 23.6 Å². The molecule has 0 aliphatic heterocycles. The Morgan fingerprint density at radius 1 is 0.971 bits per heavy atom. The summed E-state index contributed by atoms with van der Waals surface area (Å²) in [6.07, 6.45) is -3.90. The van der Waals surface area contributed by atoms with Crippen molar-refractivity contribution >= 4 is 26.9 Å². The number of carbonyl (C=O) groups is 1. The van der Waals surface area contributed by atoms with Crippen molar-refractivity contribution in [3.8, 4) is 11.1 Å². The van der Waals surface area contributed by atoms with Gasteiger partial charge in [0.05, 0.1) is 11.1 Å². The van der Waals surface area contributed by atoms with E-state index >= 15 is 0 Å². The number of aryl methyl sites for hydroxylation is 2. The first-order valence-corrected chi connectivity index (χ1v) is 11.8.